The van der Waals surface area contributed by atoms with Crippen molar-refractivity contribution in [2.75, 3.05) is 0 Å². The maximum atomic E-state index is 11.7. The first-order valence-electron chi connectivity index (χ1n) is 7.26. The Balaban J connectivity index is 2.09. The van der Waals surface area contributed by atoms with E-state index < -0.39 is 5.91 Å². The summed E-state index contributed by atoms with van der Waals surface area (Å²) < 4.78 is 6.32. The van der Waals surface area contributed by atoms with Gasteiger partial charge in [0.05, 0.1) is 23.2 Å². The zero-order chi connectivity index (χ0) is 17.1. The molecular weight excluding hydrogens is 328 g/mol. The van der Waals surface area contributed by atoms with Crippen LogP contribution in [0.2, 0.25) is 0 Å². The molecule has 1 amide bonds. The van der Waals surface area contributed by atoms with Crippen LogP contribution in [0.25, 0.3) is 16.6 Å². The van der Waals surface area contributed by atoms with Crippen LogP contribution in [-0.4, -0.2) is 15.7 Å². The molecule has 0 radical (unpaired) electrons. The number of carbonyl (C=O) groups excluding carboxylic acids is 1. The minimum atomic E-state index is -0.552. The summed E-state index contributed by atoms with van der Waals surface area (Å²) in [4.78, 5) is 16.6. The lowest BCUT2D eigenvalue weighted by atomic mass is 10.1. The molecule has 0 aliphatic rings. The molecule has 0 saturated carbocycles. The van der Waals surface area contributed by atoms with Crippen LogP contribution in [0.5, 0.6) is 0 Å². The van der Waals surface area contributed by atoms with Gasteiger partial charge >= 0.3 is 0 Å². The Morgan fingerprint density at radius 1 is 1.25 bits per heavy atom. The van der Waals surface area contributed by atoms with E-state index in [0.717, 1.165) is 45.5 Å². The molecule has 0 atom stereocenters. The molecule has 3 aromatic rings. The second-order valence-corrected chi connectivity index (χ2v) is 5.85. The van der Waals surface area contributed by atoms with E-state index in [4.69, 9.17) is 11.6 Å². The molecule has 3 rings (SSSR count). The summed E-state index contributed by atoms with van der Waals surface area (Å²) >= 11 is 0.993. The number of fused-ring (bicyclic) bond motifs is 1. The van der Waals surface area contributed by atoms with Crippen LogP contribution in [-0.2, 0) is 15.7 Å². The molecule has 0 spiro atoms. The number of aromatic nitrogens is 2. The van der Waals surface area contributed by atoms with Crippen LogP contribution >= 0.6 is 12.0 Å². The van der Waals surface area contributed by atoms with Gasteiger partial charge < -0.3 is 5.73 Å². The maximum absolute atomic E-state index is 11.7. The summed E-state index contributed by atoms with van der Waals surface area (Å²) in [6.45, 7) is 2.07. The van der Waals surface area contributed by atoms with Crippen LogP contribution in [0.3, 0.4) is 0 Å². The summed E-state index contributed by atoms with van der Waals surface area (Å²) in [5.41, 5.74) is 8.51. The van der Waals surface area contributed by atoms with Crippen molar-refractivity contribution in [2.24, 2.45) is 11.6 Å². The number of rotatable bonds is 6. The Kier molecular flexibility index (Phi) is 4.81. The van der Waals surface area contributed by atoms with Crippen molar-refractivity contribution < 1.29 is 14.1 Å². The maximum Gasteiger partial charge on any atom is 0.269 e. The average molecular weight is 344 g/mol. The van der Waals surface area contributed by atoms with Crippen LogP contribution in [0.15, 0.2) is 47.4 Å². The Morgan fingerprint density at radius 2 is 2.00 bits per heavy atom. The minimum Gasteiger partial charge on any atom is -0.364 e. The SMILES string of the molecule is CCc1ccc2c(C(N)=O)nn(-c3ccc(SOON)cc3)c2c1. The molecule has 0 unspecified atom stereocenters. The van der Waals surface area contributed by atoms with Gasteiger partial charge in [-0.15, -0.1) is 9.32 Å². The van der Waals surface area contributed by atoms with Crippen molar-refractivity contribution in [3.8, 4) is 5.69 Å². The number of nitrogens with zero attached hydrogens (tertiary/aromatic N) is 2. The Hall–Kier alpha value is -2.39. The van der Waals surface area contributed by atoms with E-state index >= 15 is 0 Å². The number of aryl methyl sites for hydroxylation is 1. The largest absolute Gasteiger partial charge is 0.364 e. The van der Waals surface area contributed by atoms with Gasteiger partial charge in [-0.25, -0.2) is 4.68 Å². The Bertz CT molecular complexity index is 877. The molecule has 0 saturated heterocycles. The van der Waals surface area contributed by atoms with Gasteiger partial charge in [-0.3, -0.25) is 4.79 Å². The fourth-order valence-electron chi connectivity index (χ4n) is 2.46. The van der Waals surface area contributed by atoms with E-state index in [1.807, 2.05) is 42.5 Å². The van der Waals surface area contributed by atoms with Crippen molar-refractivity contribution in [1.29, 1.82) is 0 Å². The van der Waals surface area contributed by atoms with Crippen LogP contribution in [0, 0.1) is 0 Å². The number of hydrogen-bond acceptors (Lipinski definition) is 6. The smallest absolute Gasteiger partial charge is 0.269 e. The highest BCUT2D eigenvalue weighted by Gasteiger charge is 2.16. The van der Waals surface area contributed by atoms with Gasteiger partial charge in [0.1, 0.15) is 0 Å². The third-order valence-electron chi connectivity index (χ3n) is 3.64. The Morgan fingerprint density at radius 3 is 2.62 bits per heavy atom. The number of primary amides is 1. The number of nitrogens with two attached hydrogens (primary N) is 2. The lowest BCUT2D eigenvalue weighted by molar-refractivity contribution is -0.195. The quantitative estimate of drug-likeness (QED) is 0.404. The van der Waals surface area contributed by atoms with E-state index in [-0.39, 0.29) is 5.69 Å². The molecule has 1 heterocycles. The van der Waals surface area contributed by atoms with Crippen LogP contribution < -0.4 is 11.6 Å². The van der Waals surface area contributed by atoms with Gasteiger partial charge in [-0.05, 0) is 42.3 Å². The molecule has 8 heteroatoms. The molecule has 2 aromatic carbocycles. The average Bonchev–Trinajstić information content (AvgIpc) is 2.99. The summed E-state index contributed by atoms with van der Waals surface area (Å²) in [5.74, 6) is 4.26. The second-order valence-electron chi connectivity index (χ2n) is 5.07. The number of amides is 1. The highest BCUT2D eigenvalue weighted by Crippen LogP contribution is 2.26. The molecule has 7 nitrogen and oxygen atoms in total. The fourth-order valence-corrected chi connectivity index (χ4v) is 2.83. The highest BCUT2D eigenvalue weighted by molar-refractivity contribution is 7.94. The molecule has 1 aromatic heterocycles. The number of carbonyl (C=O) groups is 1. The van der Waals surface area contributed by atoms with E-state index in [2.05, 4.69) is 21.3 Å². The lowest BCUT2D eigenvalue weighted by Gasteiger charge is -2.05. The lowest BCUT2D eigenvalue weighted by Crippen LogP contribution is -2.12. The Labute approximate surface area is 142 Å². The molecule has 4 N–H and O–H groups in total. The van der Waals surface area contributed by atoms with E-state index in [9.17, 15) is 4.79 Å². The summed E-state index contributed by atoms with van der Waals surface area (Å²) in [6, 6.07) is 13.3. The normalized spacial score (nSPS) is 11.1. The first-order valence-corrected chi connectivity index (χ1v) is 8.00. The topological polar surface area (TPSA) is 105 Å². The molecular formula is C16H16N4O3S. The van der Waals surface area contributed by atoms with Crippen molar-refractivity contribution >= 4 is 28.9 Å². The first kappa shape index (κ1) is 16.5. The number of hydrogen-bond donors (Lipinski definition) is 2. The predicted octanol–water partition coefficient (Wildman–Crippen LogP) is 2.52. The van der Waals surface area contributed by atoms with Crippen molar-refractivity contribution in [1.82, 2.24) is 9.78 Å². The summed E-state index contributed by atoms with van der Waals surface area (Å²) in [7, 11) is 0. The van der Waals surface area contributed by atoms with Crippen molar-refractivity contribution in [3.05, 3.63) is 53.7 Å². The summed E-state index contributed by atoms with van der Waals surface area (Å²) in [5, 5.41) is 5.12. The van der Waals surface area contributed by atoms with Crippen molar-refractivity contribution in [3.63, 3.8) is 0 Å². The van der Waals surface area contributed by atoms with Crippen LogP contribution in [0.4, 0.5) is 0 Å². The van der Waals surface area contributed by atoms with Crippen LogP contribution in [0.1, 0.15) is 23.0 Å². The van der Waals surface area contributed by atoms with Gasteiger partial charge in [-0.1, -0.05) is 19.1 Å². The zero-order valence-electron chi connectivity index (χ0n) is 12.9. The molecule has 0 aliphatic heterocycles. The molecule has 24 heavy (non-hydrogen) atoms. The summed E-state index contributed by atoms with van der Waals surface area (Å²) in [6.07, 6.45) is 0.888. The molecule has 0 fully saturated rings. The second kappa shape index (κ2) is 7.02. The van der Waals surface area contributed by atoms with Gasteiger partial charge in [0, 0.05) is 10.3 Å². The molecule has 124 valence electrons. The van der Waals surface area contributed by atoms with Gasteiger partial charge in [-0.2, -0.15) is 11.0 Å². The third kappa shape index (κ3) is 3.13. The highest BCUT2D eigenvalue weighted by atomic mass is 32.2. The van der Waals surface area contributed by atoms with E-state index in [1.165, 1.54) is 0 Å². The molecule has 0 bridgehead atoms. The zero-order valence-corrected chi connectivity index (χ0v) is 13.7. The van der Waals surface area contributed by atoms with Gasteiger partial charge in [0.15, 0.2) is 5.69 Å². The van der Waals surface area contributed by atoms with E-state index in [1.54, 1.807) is 4.68 Å². The third-order valence-corrected chi connectivity index (χ3v) is 4.25. The van der Waals surface area contributed by atoms with E-state index in [0.29, 0.717) is 0 Å². The van der Waals surface area contributed by atoms with Crippen molar-refractivity contribution in [2.45, 2.75) is 18.2 Å². The molecule has 0 aliphatic carbocycles. The predicted molar refractivity (Wildman–Crippen MR) is 91.2 cm³/mol. The monoisotopic (exact) mass is 344 g/mol. The fraction of sp³-hybridized carbons (Fsp3) is 0.125. The minimum absolute atomic E-state index is 0.256. The standard InChI is InChI=1S/C16H16N4O3S/c1-2-10-3-8-13-14(9-10)20(19-15(13)16(17)21)11-4-6-12(7-5-11)24-23-22-18/h3-9H,2,18H2,1H3,(H2,17,21). The van der Waals surface area contributed by atoms with Gasteiger partial charge in [0.25, 0.3) is 5.91 Å². The first-order chi connectivity index (χ1) is 11.6. The van der Waals surface area contributed by atoms with Gasteiger partial charge in [0.2, 0.25) is 0 Å². The number of benzene rings is 2.